The number of rotatable bonds is 44. The summed E-state index contributed by atoms with van der Waals surface area (Å²) in [4.78, 5) is 24.2. The number of esters is 2. The van der Waals surface area contributed by atoms with Crippen molar-refractivity contribution in [2.45, 2.75) is 285 Å². The smallest absolute Gasteiger partial charge is 0.305 e. The molecular weight excluding hydrogens is 653 g/mol. The van der Waals surface area contributed by atoms with E-state index in [0.29, 0.717) is 31.5 Å². The Kier molecular flexibility index (Phi) is 41.2. The Morgan fingerprint density at radius 2 is 0.585 bits per heavy atom. The topological polar surface area (TPSA) is 52.6 Å². The predicted octanol–water partition coefficient (Wildman–Crippen LogP) is 16.7. The summed E-state index contributed by atoms with van der Waals surface area (Å²) in [7, 11) is 0. The Morgan fingerprint density at radius 1 is 0.340 bits per heavy atom. The molecule has 0 aromatic carbocycles. The lowest BCUT2D eigenvalue weighted by molar-refractivity contribution is -0.144. The number of ether oxygens (including phenoxy) is 2. The van der Waals surface area contributed by atoms with Crippen LogP contribution in [0.15, 0.2) is 0 Å². The highest BCUT2D eigenvalue weighted by Gasteiger charge is 2.20. The van der Waals surface area contributed by atoms with Crippen molar-refractivity contribution in [2.24, 2.45) is 5.41 Å². The molecule has 0 rings (SSSR count). The quantitative estimate of drug-likeness (QED) is 0.0460. The van der Waals surface area contributed by atoms with Crippen LogP contribution in [0.4, 0.5) is 0 Å². The van der Waals surface area contributed by atoms with E-state index in [0.717, 1.165) is 32.1 Å². The molecule has 0 heterocycles. The average molecular weight is 749 g/mol. The zero-order chi connectivity index (χ0) is 38.8. The van der Waals surface area contributed by atoms with E-state index in [1.807, 2.05) is 0 Å². The van der Waals surface area contributed by atoms with Gasteiger partial charge in [-0.1, -0.05) is 233 Å². The molecule has 0 aliphatic heterocycles. The Morgan fingerprint density at radius 3 is 0.868 bits per heavy atom. The molecule has 0 aliphatic carbocycles. The summed E-state index contributed by atoms with van der Waals surface area (Å²) in [5.74, 6) is 0.0147. The normalized spacial score (nSPS) is 12.6. The maximum atomic E-state index is 12.1. The minimum absolute atomic E-state index is 0.00728. The van der Waals surface area contributed by atoms with Crippen molar-refractivity contribution in [3.8, 4) is 0 Å². The van der Waals surface area contributed by atoms with Gasteiger partial charge in [0.05, 0.1) is 13.2 Å². The second kappa shape index (κ2) is 42.1. The van der Waals surface area contributed by atoms with Crippen molar-refractivity contribution in [3.05, 3.63) is 0 Å². The molecule has 0 bridgehead atoms. The largest absolute Gasteiger partial charge is 0.466 e. The molecule has 4 nitrogen and oxygen atoms in total. The van der Waals surface area contributed by atoms with E-state index >= 15 is 0 Å². The lowest BCUT2D eigenvalue weighted by Gasteiger charge is -2.28. The number of carbonyl (C=O) groups is 2. The summed E-state index contributed by atoms with van der Waals surface area (Å²) < 4.78 is 11.0. The third-order valence-electron chi connectivity index (χ3n) is 11.9. The first-order chi connectivity index (χ1) is 26.0. The van der Waals surface area contributed by atoms with Gasteiger partial charge in [0.2, 0.25) is 0 Å². The summed E-state index contributed by atoms with van der Waals surface area (Å²) in [5.41, 5.74) is 0.448. The molecule has 0 saturated heterocycles. The molecule has 1 unspecified atom stereocenters. The fourth-order valence-electron chi connectivity index (χ4n) is 7.76. The molecule has 0 amide bonds. The van der Waals surface area contributed by atoms with Gasteiger partial charge in [-0.25, -0.2) is 0 Å². The van der Waals surface area contributed by atoms with Gasteiger partial charge in [-0.15, -0.1) is 0 Å². The van der Waals surface area contributed by atoms with Crippen molar-refractivity contribution in [1.82, 2.24) is 0 Å². The zero-order valence-electron chi connectivity index (χ0n) is 36.8. The van der Waals surface area contributed by atoms with Crippen LogP contribution in [-0.4, -0.2) is 25.2 Å². The van der Waals surface area contributed by atoms with Gasteiger partial charge < -0.3 is 9.47 Å². The molecule has 0 N–H and O–H groups in total. The van der Waals surface area contributed by atoms with Crippen molar-refractivity contribution in [3.63, 3.8) is 0 Å². The highest BCUT2D eigenvalue weighted by molar-refractivity contribution is 5.69. The molecule has 0 fully saturated rings. The molecule has 4 heteroatoms. The Balaban J connectivity index is 3.50. The summed E-state index contributed by atoms with van der Waals surface area (Å²) in [6, 6.07) is 0. The average Bonchev–Trinajstić information content (AvgIpc) is 3.16. The van der Waals surface area contributed by atoms with Gasteiger partial charge in [-0.05, 0) is 43.9 Å². The van der Waals surface area contributed by atoms with Gasteiger partial charge >= 0.3 is 11.9 Å². The van der Waals surface area contributed by atoms with Crippen LogP contribution in [0.3, 0.4) is 0 Å². The lowest BCUT2D eigenvalue weighted by Crippen LogP contribution is -2.15. The monoisotopic (exact) mass is 749 g/mol. The first-order valence-corrected chi connectivity index (χ1v) is 24.3. The van der Waals surface area contributed by atoms with Crippen molar-refractivity contribution < 1.29 is 19.1 Å². The van der Waals surface area contributed by atoms with Crippen LogP contribution in [0.2, 0.25) is 0 Å². The fourth-order valence-corrected chi connectivity index (χ4v) is 7.76. The first-order valence-electron chi connectivity index (χ1n) is 24.3. The van der Waals surface area contributed by atoms with Crippen LogP contribution in [0, 0.1) is 5.41 Å². The van der Waals surface area contributed by atoms with E-state index in [-0.39, 0.29) is 11.9 Å². The molecule has 0 radical (unpaired) electrons. The van der Waals surface area contributed by atoms with E-state index in [9.17, 15) is 9.59 Å². The number of carbonyl (C=O) groups excluding carboxylic acids is 2. The summed E-state index contributed by atoms with van der Waals surface area (Å²) in [6.07, 6.45) is 50.3. The Hall–Kier alpha value is -1.06. The van der Waals surface area contributed by atoms with Crippen LogP contribution < -0.4 is 0 Å². The van der Waals surface area contributed by atoms with Crippen molar-refractivity contribution >= 4 is 11.9 Å². The van der Waals surface area contributed by atoms with E-state index in [4.69, 9.17) is 9.47 Å². The summed E-state index contributed by atoms with van der Waals surface area (Å²) in [5, 5.41) is 0. The maximum Gasteiger partial charge on any atom is 0.305 e. The number of hydrogen-bond acceptors (Lipinski definition) is 4. The molecule has 316 valence electrons. The highest BCUT2D eigenvalue weighted by Crippen LogP contribution is 2.34. The van der Waals surface area contributed by atoms with Crippen LogP contribution in [0.25, 0.3) is 0 Å². The first kappa shape index (κ1) is 51.9. The number of unbranched alkanes of at least 4 members (excludes halogenated alkanes) is 31. The predicted molar refractivity (Wildman–Crippen MR) is 232 cm³/mol. The molecule has 0 aromatic rings. The van der Waals surface area contributed by atoms with Crippen LogP contribution in [0.1, 0.15) is 285 Å². The standard InChI is InChI=1S/C49H96O4/c1-5-8-10-12-14-16-18-20-22-24-26-29-35-41-47(50)52-45-39-33-28-31-37-43-49(4,7-3)44-38-32-34-40-46-53-48(51)42-36-30-27-25-23-21-19-17-15-13-11-9-6-2/h5-46H2,1-4H3. The zero-order valence-corrected chi connectivity index (χ0v) is 36.8. The number of hydrogen-bond donors (Lipinski definition) is 0. The summed E-state index contributed by atoms with van der Waals surface area (Å²) >= 11 is 0. The van der Waals surface area contributed by atoms with Crippen LogP contribution in [0.5, 0.6) is 0 Å². The van der Waals surface area contributed by atoms with E-state index in [1.54, 1.807) is 0 Å². The van der Waals surface area contributed by atoms with Crippen molar-refractivity contribution in [1.29, 1.82) is 0 Å². The molecule has 0 spiro atoms. The van der Waals surface area contributed by atoms with Gasteiger partial charge in [0.15, 0.2) is 0 Å². The molecule has 0 aliphatic rings. The van der Waals surface area contributed by atoms with Gasteiger partial charge in [0, 0.05) is 12.8 Å². The highest BCUT2D eigenvalue weighted by atomic mass is 16.5. The fraction of sp³-hybridized carbons (Fsp3) is 0.959. The molecular formula is C49H96O4. The Bertz CT molecular complexity index is 751. The Labute approximate surface area is 333 Å². The molecule has 0 aromatic heterocycles. The second-order valence-corrected chi connectivity index (χ2v) is 17.3. The SMILES string of the molecule is CCCCCCCCCCCCCCCC(=O)OCCCCCCCC(C)(CC)CCCCCCOC(=O)CCCCCCCCCCCCCCC. The third kappa shape index (κ3) is 40.4. The van der Waals surface area contributed by atoms with Crippen LogP contribution >= 0.6 is 0 Å². The van der Waals surface area contributed by atoms with E-state index < -0.39 is 0 Å². The minimum Gasteiger partial charge on any atom is -0.466 e. The molecule has 0 saturated carbocycles. The van der Waals surface area contributed by atoms with Gasteiger partial charge in [0.25, 0.3) is 0 Å². The van der Waals surface area contributed by atoms with E-state index in [2.05, 4.69) is 27.7 Å². The van der Waals surface area contributed by atoms with Gasteiger partial charge in [0.1, 0.15) is 0 Å². The van der Waals surface area contributed by atoms with Crippen LogP contribution in [-0.2, 0) is 19.1 Å². The molecule has 1 atom stereocenters. The second-order valence-electron chi connectivity index (χ2n) is 17.3. The van der Waals surface area contributed by atoms with Crippen molar-refractivity contribution in [2.75, 3.05) is 13.2 Å². The minimum atomic E-state index is 0.00728. The summed E-state index contributed by atoms with van der Waals surface area (Å²) in [6.45, 7) is 10.6. The lowest BCUT2D eigenvalue weighted by atomic mass is 9.77. The molecule has 53 heavy (non-hydrogen) atoms. The maximum absolute atomic E-state index is 12.1. The van der Waals surface area contributed by atoms with E-state index in [1.165, 1.54) is 212 Å². The van der Waals surface area contributed by atoms with Gasteiger partial charge in [-0.2, -0.15) is 0 Å². The third-order valence-corrected chi connectivity index (χ3v) is 11.9. The van der Waals surface area contributed by atoms with Gasteiger partial charge in [-0.3, -0.25) is 9.59 Å².